The van der Waals surface area contributed by atoms with Crippen LogP contribution in [0.3, 0.4) is 0 Å². The molecule has 14 heavy (non-hydrogen) atoms. The monoisotopic (exact) mass is 194 g/mol. The number of rotatable bonds is 4. The van der Waals surface area contributed by atoms with E-state index in [1.54, 1.807) is 13.2 Å². The number of nitrogens with one attached hydrogen (secondary N) is 1. The SMILES string of the molecule is COc1cc(NCC2CC2)nc(N)n1. The van der Waals surface area contributed by atoms with Crippen LogP contribution >= 0.6 is 0 Å². The van der Waals surface area contributed by atoms with Crippen LogP contribution in [0.15, 0.2) is 6.07 Å². The standard InChI is InChI=1S/C9H14N4O/c1-14-8-4-7(12-9(10)13-8)11-5-6-2-3-6/h4,6H,2-3,5H2,1H3,(H3,10,11,12,13). The highest BCUT2D eigenvalue weighted by molar-refractivity contribution is 5.42. The Balaban J connectivity index is 2.03. The van der Waals surface area contributed by atoms with Crippen LogP contribution in [0.1, 0.15) is 12.8 Å². The van der Waals surface area contributed by atoms with Crippen molar-refractivity contribution in [2.75, 3.05) is 24.7 Å². The Morgan fingerprint density at radius 2 is 2.36 bits per heavy atom. The first-order valence-electron chi connectivity index (χ1n) is 4.70. The largest absolute Gasteiger partial charge is 0.481 e. The van der Waals surface area contributed by atoms with Crippen molar-refractivity contribution in [3.63, 3.8) is 0 Å². The normalized spacial score (nSPS) is 15.2. The second-order valence-electron chi connectivity index (χ2n) is 3.48. The number of methoxy groups -OCH3 is 1. The van der Waals surface area contributed by atoms with Crippen LogP contribution in [-0.4, -0.2) is 23.6 Å². The molecule has 76 valence electrons. The lowest BCUT2D eigenvalue weighted by atomic mass is 10.4. The van der Waals surface area contributed by atoms with Crippen molar-refractivity contribution in [2.24, 2.45) is 5.92 Å². The van der Waals surface area contributed by atoms with Gasteiger partial charge < -0.3 is 15.8 Å². The summed E-state index contributed by atoms with van der Waals surface area (Å²) < 4.78 is 4.99. The van der Waals surface area contributed by atoms with E-state index < -0.39 is 0 Å². The smallest absolute Gasteiger partial charge is 0.225 e. The number of aromatic nitrogens is 2. The van der Waals surface area contributed by atoms with E-state index in [0.717, 1.165) is 18.3 Å². The fourth-order valence-corrected chi connectivity index (χ4v) is 1.21. The predicted molar refractivity (Wildman–Crippen MR) is 54.2 cm³/mol. The highest BCUT2D eigenvalue weighted by atomic mass is 16.5. The molecule has 0 saturated heterocycles. The molecule has 0 unspecified atom stereocenters. The van der Waals surface area contributed by atoms with Gasteiger partial charge >= 0.3 is 0 Å². The molecule has 1 fully saturated rings. The van der Waals surface area contributed by atoms with Crippen LogP contribution in [0.5, 0.6) is 5.88 Å². The lowest BCUT2D eigenvalue weighted by Crippen LogP contribution is -2.07. The molecule has 3 N–H and O–H groups in total. The summed E-state index contributed by atoms with van der Waals surface area (Å²) in [5.74, 6) is 2.27. The molecule has 0 bridgehead atoms. The van der Waals surface area contributed by atoms with E-state index in [1.165, 1.54) is 12.8 Å². The lowest BCUT2D eigenvalue weighted by Gasteiger charge is -2.06. The molecule has 0 radical (unpaired) electrons. The Kier molecular flexibility index (Phi) is 2.39. The summed E-state index contributed by atoms with van der Waals surface area (Å²) in [6.07, 6.45) is 2.62. The molecular formula is C9H14N4O. The van der Waals surface area contributed by atoms with Crippen LogP contribution in [0.25, 0.3) is 0 Å². The maximum Gasteiger partial charge on any atom is 0.225 e. The number of nitrogens with zero attached hydrogens (tertiary/aromatic N) is 2. The Hall–Kier alpha value is -1.52. The molecular weight excluding hydrogens is 180 g/mol. The fraction of sp³-hybridized carbons (Fsp3) is 0.556. The van der Waals surface area contributed by atoms with Gasteiger partial charge in [-0.3, -0.25) is 0 Å². The van der Waals surface area contributed by atoms with Crippen molar-refractivity contribution >= 4 is 11.8 Å². The summed E-state index contributed by atoms with van der Waals surface area (Å²) in [6, 6.07) is 1.75. The quantitative estimate of drug-likeness (QED) is 0.744. The third-order valence-corrected chi connectivity index (χ3v) is 2.20. The number of nitrogen functional groups attached to an aromatic ring is 1. The second-order valence-corrected chi connectivity index (χ2v) is 3.48. The number of hydrogen-bond acceptors (Lipinski definition) is 5. The third kappa shape index (κ3) is 2.25. The van der Waals surface area contributed by atoms with Gasteiger partial charge in [-0.1, -0.05) is 0 Å². The first-order chi connectivity index (χ1) is 6.78. The average Bonchev–Trinajstić information content (AvgIpc) is 2.97. The molecule has 5 nitrogen and oxygen atoms in total. The van der Waals surface area contributed by atoms with Crippen molar-refractivity contribution in [1.82, 2.24) is 9.97 Å². The van der Waals surface area contributed by atoms with Gasteiger partial charge in [0.2, 0.25) is 11.8 Å². The molecule has 0 aromatic carbocycles. The zero-order valence-corrected chi connectivity index (χ0v) is 8.16. The highest BCUT2D eigenvalue weighted by Gasteiger charge is 2.20. The summed E-state index contributed by atoms with van der Waals surface area (Å²) in [5, 5.41) is 3.21. The molecule has 1 heterocycles. The van der Waals surface area contributed by atoms with E-state index in [2.05, 4.69) is 15.3 Å². The van der Waals surface area contributed by atoms with Gasteiger partial charge in [0.1, 0.15) is 5.82 Å². The molecule has 0 atom stereocenters. The van der Waals surface area contributed by atoms with Crippen molar-refractivity contribution in [1.29, 1.82) is 0 Å². The number of ether oxygens (including phenoxy) is 1. The summed E-state index contributed by atoms with van der Waals surface area (Å²) in [4.78, 5) is 7.96. The van der Waals surface area contributed by atoms with Gasteiger partial charge in [0.05, 0.1) is 7.11 Å². The van der Waals surface area contributed by atoms with Crippen molar-refractivity contribution in [2.45, 2.75) is 12.8 Å². The zero-order chi connectivity index (χ0) is 9.97. The van der Waals surface area contributed by atoms with Crippen molar-refractivity contribution in [3.05, 3.63) is 6.07 Å². The van der Waals surface area contributed by atoms with Crippen LogP contribution in [0, 0.1) is 5.92 Å². The molecule has 5 heteroatoms. The van der Waals surface area contributed by atoms with E-state index >= 15 is 0 Å². The van der Waals surface area contributed by atoms with Gasteiger partial charge in [-0.15, -0.1) is 0 Å². The number of hydrogen-bond donors (Lipinski definition) is 2. The van der Waals surface area contributed by atoms with E-state index in [9.17, 15) is 0 Å². The Bertz CT molecular complexity index is 325. The minimum absolute atomic E-state index is 0.239. The molecule has 2 rings (SSSR count). The average molecular weight is 194 g/mol. The second kappa shape index (κ2) is 3.69. The summed E-state index contributed by atoms with van der Waals surface area (Å²) in [6.45, 7) is 0.958. The van der Waals surface area contributed by atoms with Crippen LogP contribution in [0.4, 0.5) is 11.8 Å². The maximum absolute atomic E-state index is 5.51. The lowest BCUT2D eigenvalue weighted by molar-refractivity contribution is 0.398. The number of nitrogens with two attached hydrogens (primary N) is 1. The summed E-state index contributed by atoms with van der Waals surface area (Å²) >= 11 is 0. The Labute approximate surface area is 82.7 Å². The van der Waals surface area contributed by atoms with Gasteiger partial charge in [-0.25, -0.2) is 0 Å². The minimum atomic E-state index is 0.239. The molecule has 1 saturated carbocycles. The van der Waals surface area contributed by atoms with E-state index in [1.807, 2.05) is 0 Å². The van der Waals surface area contributed by atoms with Gasteiger partial charge in [0.15, 0.2) is 0 Å². The maximum atomic E-state index is 5.51. The van der Waals surface area contributed by atoms with Crippen molar-refractivity contribution < 1.29 is 4.74 Å². The molecule has 1 aromatic rings. The topological polar surface area (TPSA) is 73.1 Å². The number of anilines is 2. The van der Waals surface area contributed by atoms with E-state index in [4.69, 9.17) is 10.5 Å². The predicted octanol–water partition coefficient (Wildman–Crippen LogP) is 0.889. The van der Waals surface area contributed by atoms with Gasteiger partial charge in [0, 0.05) is 12.6 Å². The van der Waals surface area contributed by atoms with E-state index in [-0.39, 0.29) is 5.95 Å². The van der Waals surface area contributed by atoms with Crippen LogP contribution < -0.4 is 15.8 Å². The zero-order valence-electron chi connectivity index (χ0n) is 8.16. The minimum Gasteiger partial charge on any atom is -0.481 e. The first-order valence-corrected chi connectivity index (χ1v) is 4.70. The van der Waals surface area contributed by atoms with Gasteiger partial charge in [-0.05, 0) is 18.8 Å². The molecule has 0 amide bonds. The Morgan fingerprint density at radius 1 is 1.57 bits per heavy atom. The van der Waals surface area contributed by atoms with E-state index in [0.29, 0.717) is 5.88 Å². The van der Waals surface area contributed by atoms with Crippen molar-refractivity contribution in [3.8, 4) is 5.88 Å². The summed E-state index contributed by atoms with van der Waals surface area (Å²) in [7, 11) is 1.56. The molecule has 1 aliphatic carbocycles. The first kappa shape index (κ1) is 9.05. The van der Waals surface area contributed by atoms with Crippen LogP contribution in [0.2, 0.25) is 0 Å². The van der Waals surface area contributed by atoms with Crippen LogP contribution in [-0.2, 0) is 0 Å². The molecule has 0 aliphatic heterocycles. The molecule has 1 aromatic heterocycles. The molecule has 1 aliphatic rings. The van der Waals surface area contributed by atoms with Gasteiger partial charge in [0.25, 0.3) is 0 Å². The van der Waals surface area contributed by atoms with Gasteiger partial charge in [-0.2, -0.15) is 9.97 Å². The fourth-order valence-electron chi connectivity index (χ4n) is 1.21. The molecule has 0 spiro atoms. The third-order valence-electron chi connectivity index (χ3n) is 2.20. The Morgan fingerprint density at radius 3 is 3.00 bits per heavy atom. The highest BCUT2D eigenvalue weighted by Crippen LogP contribution is 2.28. The summed E-state index contributed by atoms with van der Waals surface area (Å²) in [5.41, 5.74) is 5.51.